The number of rotatable bonds is 3. The minimum atomic E-state index is -0.269. The van der Waals surface area contributed by atoms with E-state index in [-0.39, 0.29) is 5.82 Å². The maximum absolute atomic E-state index is 13.9. The molecule has 0 spiro atoms. The van der Waals surface area contributed by atoms with E-state index < -0.39 is 0 Å². The smallest absolute Gasteiger partial charge is 0.132 e. The van der Waals surface area contributed by atoms with Crippen LogP contribution in [0.2, 0.25) is 0 Å². The molecule has 0 fully saturated rings. The largest absolute Gasteiger partial charge is 0.335 e. The minimum absolute atomic E-state index is 0.269. The molecular formula is C13H15BrFN3. The normalized spacial score (nSPS) is 10.9. The second-order valence-corrected chi connectivity index (χ2v) is 5.09. The Balaban J connectivity index is 2.63. The summed E-state index contributed by atoms with van der Waals surface area (Å²) < 4.78 is 16.7. The zero-order valence-electron chi connectivity index (χ0n) is 10.4. The average Bonchev–Trinajstić information content (AvgIpc) is 2.61. The van der Waals surface area contributed by atoms with Crippen LogP contribution in [0.1, 0.15) is 11.5 Å². The van der Waals surface area contributed by atoms with Crippen LogP contribution in [0.25, 0.3) is 11.3 Å². The predicted molar refractivity (Wildman–Crippen MR) is 73.8 cm³/mol. The molecule has 18 heavy (non-hydrogen) atoms. The summed E-state index contributed by atoms with van der Waals surface area (Å²) >= 11 is 3.36. The highest BCUT2D eigenvalue weighted by molar-refractivity contribution is 9.10. The Kier molecular flexibility index (Phi) is 3.82. The van der Waals surface area contributed by atoms with E-state index in [1.807, 2.05) is 18.5 Å². The van der Waals surface area contributed by atoms with Gasteiger partial charge in [-0.2, -0.15) is 0 Å². The maximum Gasteiger partial charge on any atom is 0.132 e. The van der Waals surface area contributed by atoms with Gasteiger partial charge in [0.1, 0.15) is 11.6 Å². The van der Waals surface area contributed by atoms with Crippen LogP contribution < -0.4 is 5.73 Å². The molecule has 96 valence electrons. The van der Waals surface area contributed by atoms with Crippen LogP contribution >= 0.6 is 15.9 Å². The van der Waals surface area contributed by atoms with Gasteiger partial charge in [0.15, 0.2) is 0 Å². The molecule has 2 rings (SSSR count). The summed E-state index contributed by atoms with van der Waals surface area (Å²) in [5.74, 6) is 0.586. The second kappa shape index (κ2) is 5.20. The summed E-state index contributed by atoms with van der Waals surface area (Å²) in [6.45, 7) is 2.42. The van der Waals surface area contributed by atoms with Gasteiger partial charge in [-0.1, -0.05) is 15.9 Å². The number of halogens is 2. The molecule has 2 N–H and O–H groups in total. The van der Waals surface area contributed by atoms with Crippen molar-refractivity contribution in [2.24, 2.45) is 12.8 Å². The lowest BCUT2D eigenvalue weighted by Gasteiger charge is -2.06. The van der Waals surface area contributed by atoms with Crippen molar-refractivity contribution in [1.29, 1.82) is 0 Å². The van der Waals surface area contributed by atoms with Gasteiger partial charge in [-0.05, 0) is 31.7 Å². The highest BCUT2D eigenvalue weighted by Gasteiger charge is 2.16. The van der Waals surface area contributed by atoms with Crippen molar-refractivity contribution >= 4 is 15.9 Å². The minimum Gasteiger partial charge on any atom is -0.335 e. The predicted octanol–water partition coefficient (Wildman–Crippen LogP) is 2.80. The Morgan fingerprint density at radius 2 is 2.17 bits per heavy atom. The van der Waals surface area contributed by atoms with E-state index in [1.165, 1.54) is 6.07 Å². The number of aromatic nitrogens is 2. The van der Waals surface area contributed by atoms with E-state index in [1.54, 1.807) is 12.1 Å². The van der Waals surface area contributed by atoms with E-state index in [0.717, 1.165) is 16.0 Å². The molecule has 0 radical (unpaired) electrons. The Hall–Kier alpha value is -1.20. The second-order valence-electron chi connectivity index (χ2n) is 4.18. The molecule has 0 atom stereocenters. The number of hydrogen-bond acceptors (Lipinski definition) is 2. The maximum atomic E-state index is 13.9. The highest BCUT2D eigenvalue weighted by Crippen LogP contribution is 2.28. The van der Waals surface area contributed by atoms with Crippen molar-refractivity contribution in [3.63, 3.8) is 0 Å². The van der Waals surface area contributed by atoms with Crippen LogP contribution in [0.3, 0.4) is 0 Å². The first-order chi connectivity index (χ1) is 8.54. The first-order valence-electron chi connectivity index (χ1n) is 5.72. The molecule has 1 heterocycles. The zero-order chi connectivity index (χ0) is 13.3. The molecule has 1 aromatic carbocycles. The van der Waals surface area contributed by atoms with Crippen molar-refractivity contribution in [3.8, 4) is 11.3 Å². The van der Waals surface area contributed by atoms with Crippen molar-refractivity contribution in [1.82, 2.24) is 9.55 Å². The molecule has 0 saturated heterocycles. The van der Waals surface area contributed by atoms with Gasteiger partial charge in [-0.3, -0.25) is 0 Å². The van der Waals surface area contributed by atoms with E-state index in [4.69, 9.17) is 5.73 Å². The molecule has 5 heteroatoms. The molecule has 1 aromatic heterocycles. The fraction of sp³-hybridized carbons (Fsp3) is 0.308. The Labute approximate surface area is 114 Å². The van der Waals surface area contributed by atoms with Crippen LogP contribution in [0.5, 0.6) is 0 Å². The summed E-state index contributed by atoms with van der Waals surface area (Å²) in [6, 6.07) is 4.87. The molecule has 0 aliphatic carbocycles. The Morgan fingerprint density at radius 1 is 1.44 bits per heavy atom. The molecule has 0 amide bonds. The van der Waals surface area contributed by atoms with Crippen LogP contribution in [0, 0.1) is 12.7 Å². The summed E-state index contributed by atoms with van der Waals surface area (Å²) in [5, 5.41) is 0. The van der Waals surface area contributed by atoms with Crippen molar-refractivity contribution < 1.29 is 4.39 Å². The molecule has 2 aromatic rings. The highest BCUT2D eigenvalue weighted by atomic mass is 79.9. The SMILES string of the molecule is Cc1nc(-c2cc(Br)ccc2F)c(CCN)n1C. The van der Waals surface area contributed by atoms with E-state index in [0.29, 0.717) is 24.2 Å². The number of hydrogen-bond donors (Lipinski definition) is 1. The van der Waals surface area contributed by atoms with E-state index in [9.17, 15) is 4.39 Å². The van der Waals surface area contributed by atoms with Gasteiger partial charge in [0, 0.05) is 29.2 Å². The molecular weight excluding hydrogens is 297 g/mol. The average molecular weight is 312 g/mol. The fourth-order valence-electron chi connectivity index (χ4n) is 1.97. The quantitative estimate of drug-likeness (QED) is 0.947. The number of nitrogens with two attached hydrogens (primary N) is 1. The summed E-state index contributed by atoms with van der Waals surface area (Å²) in [4.78, 5) is 4.45. The number of nitrogens with zero attached hydrogens (tertiary/aromatic N) is 2. The zero-order valence-corrected chi connectivity index (χ0v) is 12.0. The van der Waals surface area contributed by atoms with E-state index >= 15 is 0 Å². The Bertz CT molecular complexity index is 578. The van der Waals surface area contributed by atoms with Gasteiger partial charge < -0.3 is 10.3 Å². The van der Waals surface area contributed by atoms with E-state index in [2.05, 4.69) is 20.9 Å². The van der Waals surface area contributed by atoms with Crippen LogP contribution in [-0.2, 0) is 13.5 Å². The summed E-state index contributed by atoms with van der Waals surface area (Å²) in [6.07, 6.45) is 0.679. The number of aryl methyl sites for hydroxylation is 1. The molecule has 0 aliphatic heterocycles. The van der Waals surface area contributed by atoms with Crippen LogP contribution in [-0.4, -0.2) is 16.1 Å². The monoisotopic (exact) mass is 311 g/mol. The fourth-order valence-corrected chi connectivity index (χ4v) is 2.33. The summed E-state index contributed by atoms with van der Waals surface area (Å²) in [5.41, 5.74) is 7.76. The first-order valence-corrected chi connectivity index (χ1v) is 6.51. The van der Waals surface area contributed by atoms with Crippen LogP contribution in [0.15, 0.2) is 22.7 Å². The Morgan fingerprint density at radius 3 is 2.83 bits per heavy atom. The molecule has 0 bridgehead atoms. The van der Waals surface area contributed by atoms with Crippen molar-refractivity contribution in [2.45, 2.75) is 13.3 Å². The molecule has 3 nitrogen and oxygen atoms in total. The molecule has 0 aliphatic rings. The lowest BCUT2D eigenvalue weighted by atomic mass is 10.1. The third-order valence-electron chi connectivity index (χ3n) is 3.00. The van der Waals surface area contributed by atoms with Gasteiger partial charge in [-0.15, -0.1) is 0 Å². The molecule has 0 unspecified atom stereocenters. The lowest BCUT2D eigenvalue weighted by molar-refractivity contribution is 0.630. The summed E-state index contributed by atoms with van der Waals surface area (Å²) in [7, 11) is 1.92. The topological polar surface area (TPSA) is 43.8 Å². The molecule has 0 saturated carbocycles. The third kappa shape index (κ3) is 2.33. The number of imidazole rings is 1. The number of benzene rings is 1. The van der Waals surface area contributed by atoms with Gasteiger partial charge in [0.25, 0.3) is 0 Å². The standard InChI is InChI=1S/C13H15BrFN3/c1-8-17-13(12(5-6-16)18(8)2)10-7-9(14)3-4-11(10)15/h3-4,7H,5-6,16H2,1-2H3. The van der Waals surface area contributed by atoms with Crippen molar-refractivity contribution in [3.05, 3.63) is 40.0 Å². The van der Waals surface area contributed by atoms with Crippen LogP contribution in [0.4, 0.5) is 4.39 Å². The van der Waals surface area contributed by atoms with Gasteiger partial charge >= 0.3 is 0 Å². The van der Waals surface area contributed by atoms with Crippen molar-refractivity contribution in [2.75, 3.05) is 6.54 Å². The lowest BCUT2D eigenvalue weighted by Crippen LogP contribution is -2.08. The van der Waals surface area contributed by atoms with Gasteiger partial charge in [0.05, 0.1) is 5.69 Å². The van der Waals surface area contributed by atoms with Gasteiger partial charge in [-0.25, -0.2) is 9.37 Å². The first kappa shape index (κ1) is 13.2. The third-order valence-corrected chi connectivity index (χ3v) is 3.50. The van der Waals surface area contributed by atoms with Gasteiger partial charge in [0.2, 0.25) is 0 Å².